The number of hydrogen-bond donors (Lipinski definition) is 1. The Bertz CT molecular complexity index is 865. The van der Waals surface area contributed by atoms with E-state index in [0.717, 1.165) is 31.2 Å². The Labute approximate surface area is 193 Å². The standard InChI is InChI=1S/C24H28Cl2N2O3/c1-17(24(30)27-21-5-3-2-4-6-21)28(15-18-7-9-19(25)10-8-18)23(29)16-31-22-13-11-20(26)12-14-22/h7-14,17,21H,2-6,15-16H2,1H3,(H,27,30)/t17-/m0/s1. The Morgan fingerprint density at radius 2 is 1.58 bits per heavy atom. The summed E-state index contributed by atoms with van der Waals surface area (Å²) in [5, 5.41) is 4.33. The lowest BCUT2D eigenvalue weighted by atomic mass is 9.95. The fourth-order valence-corrected chi connectivity index (χ4v) is 3.95. The van der Waals surface area contributed by atoms with Gasteiger partial charge in [-0.2, -0.15) is 0 Å². The molecule has 0 spiro atoms. The van der Waals surface area contributed by atoms with E-state index in [1.165, 1.54) is 6.42 Å². The van der Waals surface area contributed by atoms with Crippen molar-refractivity contribution in [2.24, 2.45) is 0 Å². The number of carbonyl (C=O) groups excluding carboxylic acids is 2. The molecular weight excluding hydrogens is 435 g/mol. The molecule has 0 radical (unpaired) electrons. The molecule has 1 atom stereocenters. The van der Waals surface area contributed by atoms with Crippen LogP contribution in [0.3, 0.4) is 0 Å². The van der Waals surface area contributed by atoms with Crippen LogP contribution in [0.2, 0.25) is 10.0 Å². The van der Waals surface area contributed by atoms with Gasteiger partial charge in [0, 0.05) is 22.6 Å². The van der Waals surface area contributed by atoms with Gasteiger partial charge in [-0.25, -0.2) is 0 Å². The highest BCUT2D eigenvalue weighted by Crippen LogP contribution is 2.19. The lowest BCUT2D eigenvalue weighted by Crippen LogP contribution is -2.51. The van der Waals surface area contributed by atoms with Crippen LogP contribution in [-0.2, 0) is 16.1 Å². The first-order chi connectivity index (χ1) is 14.9. The first kappa shape index (κ1) is 23.4. The van der Waals surface area contributed by atoms with Gasteiger partial charge >= 0.3 is 0 Å². The summed E-state index contributed by atoms with van der Waals surface area (Å²) < 4.78 is 5.64. The summed E-state index contributed by atoms with van der Waals surface area (Å²) in [6, 6.07) is 13.6. The van der Waals surface area contributed by atoms with Crippen molar-refractivity contribution in [2.45, 2.75) is 57.7 Å². The van der Waals surface area contributed by atoms with Crippen molar-refractivity contribution in [3.8, 4) is 5.75 Å². The smallest absolute Gasteiger partial charge is 0.261 e. The van der Waals surface area contributed by atoms with Gasteiger partial charge in [0.25, 0.3) is 5.91 Å². The summed E-state index contributed by atoms with van der Waals surface area (Å²) >= 11 is 11.9. The molecule has 0 bridgehead atoms. The monoisotopic (exact) mass is 462 g/mol. The molecule has 2 aromatic rings. The van der Waals surface area contributed by atoms with Gasteiger partial charge < -0.3 is 15.0 Å². The van der Waals surface area contributed by atoms with Crippen LogP contribution >= 0.6 is 23.2 Å². The summed E-state index contributed by atoms with van der Waals surface area (Å²) in [6.45, 7) is 1.88. The van der Waals surface area contributed by atoms with Gasteiger partial charge in [-0.15, -0.1) is 0 Å². The van der Waals surface area contributed by atoms with Crippen molar-refractivity contribution < 1.29 is 14.3 Å². The largest absolute Gasteiger partial charge is 0.484 e. The fraction of sp³-hybridized carbons (Fsp3) is 0.417. The maximum atomic E-state index is 13.1. The highest BCUT2D eigenvalue weighted by Gasteiger charge is 2.28. The van der Waals surface area contributed by atoms with Crippen molar-refractivity contribution in [2.75, 3.05) is 6.61 Å². The van der Waals surface area contributed by atoms with Gasteiger partial charge in [0.1, 0.15) is 11.8 Å². The lowest BCUT2D eigenvalue weighted by molar-refractivity contribution is -0.142. The number of halogens is 2. The number of amides is 2. The molecule has 166 valence electrons. The van der Waals surface area contributed by atoms with Crippen molar-refractivity contribution in [1.29, 1.82) is 0 Å². The average molecular weight is 463 g/mol. The van der Waals surface area contributed by atoms with E-state index in [-0.39, 0.29) is 24.5 Å². The van der Waals surface area contributed by atoms with E-state index in [4.69, 9.17) is 27.9 Å². The van der Waals surface area contributed by atoms with E-state index >= 15 is 0 Å². The average Bonchev–Trinajstić information content (AvgIpc) is 2.78. The Balaban J connectivity index is 1.69. The highest BCUT2D eigenvalue weighted by atomic mass is 35.5. The summed E-state index contributed by atoms with van der Waals surface area (Å²) in [5.74, 6) is 0.139. The van der Waals surface area contributed by atoms with Crippen LogP contribution in [0.25, 0.3) is 0 Å². The van der Waals surface area contributed by atoms with E-state index in [9.17, 15) is 9.59 Å². The summed E-state index contributed by atoms with van der Waals surface area (Å²) in [6.07, 6.45) is 5.45. The molecule has 2 amide bonds. The Hall–Kier alpha value is -2.24. The quantitative estimate of drug-likeness (QED) is 0.583. The molecule has 0 aliphatic heterocycles. The maximum Gasteiger partial charge on any atom is 0.261 e. The van der Waals surface area contributed by atoms with E-state index in [2.05, 4.69) is 5.32 Å². The Kier molecular flexibility index (Phi) is 8.61. The zero-order chi connectivity index (χ0) is 22.2. The summed E-state index contributed by atoms with van der Waals surface area (Å²) in [5.41, 5.74) is 0.890. The third-order valence-corrected chi connectivity index (χ3v) is 6.06. The van der Waals surface area contributed by atoms with Crippen molar-refractivity contribution in [1.82, 2.24) is 10.2 Å². The van der Waals surface area contributed by atoms with Gasteiger partial charge in [0.05, 0.1) is 0 Å². The molecule has 1 aliphatic rings. The van der Waals surface area contributed by atoms with Gasteiger partial charge in [0.15, 0.2) is 6.61 Å². The summed E-state index contributed by atoms with van der Waals surface area (Å²) in [4.78, 5) is 27.5. The molecule has 0 aromatic heterocycles. The maximum absolute atomic E-state index is 13.1. The molecule has 0 heterocycles. The van der Waals surface area contributed by atoms with Gasteiger partial charge in [0.2, 0.25) is 5.91 Å². The Morgan fingerprint density at radius 3 is 2.19 bits per heavy atom. The van der Waals surface area contributed by atoms with Gasteiger partial charge in [-0.1, -0.05) is 54.6 Å². The number of benzene rings is 2. The third kappa shape index (κ3) is 7.15. The van der Waals surface area contributed by atoms with Crippen LogP contribution in [0.15, 0.2) is 48.5 Å². The minimum atomic E-state index is -0.626. The predicted molar refractivity (Wildman–Crippen MR) is 123 cm³/mol. The fourth-order valence-electron chi connectivity index (χ4n) is 3.70. The SMILES string of the molecule is C[C@@H](C(=O)NC1CCCCC1)N(Cc1ccc(Cl)cc1)C(=O)COc1ccc(Cl)cc1. The number of nitrogens with zero attached hydrogens (tertiary/aromatic N) is 1. The molecule has 1 fully saturated rings. The van der Waals surface area contributed by atoms with E-state index in [1.807, 2.05) is 12.1 Å². The number of ether oxygens (including phenoxy) is 1. The minimum Gasteiger partial charge on any atom is -0.484 e. The molecular formula is C24H28Cl2N2O3. The van der Waals surface area contributed by atoms with Gasteiger partial charge in [-0.05, 0) is 61.7 Å². The van der Waals surface area contributed by atoms with Gasteiger partial charge in [-0.3, -0.25) is 9.59 Å². The van der Waals surface area contributed by atoms with E-state index < -0.39 is 6.04 Å². The predicted octanol–water partition coefficient (Wildman–Crippen LogP) is 5.24. The third-order valence-electron chi connectivity index (χ3n) is 5.56. The van der Waals surface area contributed by atoms with Crippen molar-refractivity contribution in [3.63, 3.8) is 0 Å². The molecule has 1 saturated carbocycles. The minimum absolute atomic E-state index is 0.138. The number of carbonyl (C=O) groups is 2. The van der Waals surface area contributed by atoms with E-state index in [0.29, 0.717) is 22.3 Å². The number of hydrogen-bond acceptors (Lipinski definition) is 3. The Morgan fingerprint density at radius 1 is 1.00 bits per heavy atom. The first-order valence-corrected chi connectivity index (χ1v) is 11.4. The van der Waals surface area contributed by atoms with Crippen LogP contribution in [0.1, 0.15) is 44.6 Å². The normalized spacial score (nSPS) is 15.2. The molecule has 0 unspecified atom stereocenters. The van der Waals surface area contributed by atoms with E-state index in [1.54, 1.807) is 48.2 Å². The zero-order valence-electron chi connectivity index (χ0n) is 17.7. The first-order valence-electron chi connectivity index (χ1n) is 10.6. The molecule has 7 heteroatoms. The molecule has 1 aliphatic carbocycles. The molecule has 5 nitrogen and oxygen atoms in total. The van der Waals surface area contributed by atoms with Crippen LogP contribution in [0, 0.1) is 0 Å². The molecule has 31 heavy (non-hydrogen) atoms. The molecule has 0 saturated heterocycles. The number of nitrogens with one attached hydrogen (secondary N) is 1. The van der Waals surface area contributed by atoms with Crippen LogP contribution < -0.4 is 10.1 Å². The lowest BCUT2D eigenvalue weighted by Gasteiger charge is -2.31. The number of rotatable bonds is 8. The van der Waals surface area contributed by atoms with Crippen molar-refractivity contribution in [3.05, 3.63) is 64.1 Å². The topological polar surface area (TPSA) is 58.6 Å². The summed E-state index contributed by atoms with van der Waals surface area (Å²) in [7, 11) is 0. The second kappa shape index (κ2) is 11.4. The van der Waals surface area contributed by atoms with Crippen LogP contribution in [-0.4, -0.2) is 35.4 Å². The molecule has 2 aromatic carbocycles. The molecule has 1 N–H and O–H groups in total. The van der Waals surface area contributed by atoms with Crippen LogP contribution in [0.5, 0.6) is 5.75 Å². The molecule has 3 rings (SSSR count). The second-order valence-corrected chi connectivity index (χ2v) is 8.78. The van der Waals surface area contributed by atoms with Crippen molar-refractivity contribution >= 4 is 35.0 Å². The highest BCUT2D eigenvalue weighted by molar-refractivity contribution is 6.30. The van der Waals surface area contributed by atoms with Crippen LogP contribution in [0.4, 0.5) is 0 Å². The second-order valence-electron chi connectivity index (χ2n) is 7.91. The zero-order valence-corrected chi connectivity index (χ0v) is 19.2.